The third-order valence-corrected chi connectivity index (χ3v) is 1.98. The molecule has 0 aliphatic carbocycles. The number of hydrogen-bond donors (Lipinski definition) is 0. The molecular weight excluding hydrogens is 276 g/mol. The zero-order chi connectivity index (χ0) is 9.84. The Bertz CT molecular complexity index is 339. The normalized spacial score (nSPS) is 11.3. The van der Waals surface area contributed by atoms with Crippen molar-refractivity contribution in [2.75, 3.05) is 0 Å². The second-order valence-corrected chi connectivity index (χ2v) is 2.92. The van der Waals surface area contributed by atoms with Gasteiger partial charge in [0.15, 0.2) is 5.24 Å². The summed E-state index contributed by atoms with van der Waals surface area (Å²) in [5.74, 6) is -0.709. The van der Waals surface area contributed by atoms with Crippen LogP contribution in [-0.2, 0) is 42.3 Å². The molecule has 0 aliphatic rings. The standard InChI is InChI=1S/C10H7ClO2.Y/c1-7(10(11)13)9-5-3-2-4-8(9)6-12;/h2-5,7H,1H2;/q-2;. The van der Waals surface area contributed by atoms with Crippen molar-refractivity contribution in [2.24, 2.45) is 0 Å². The fraction of sp³-hybridized carbons (Fsp3) is 0.100. The smallest absolute Gasteiger partial charge is 0.188 e. The van der Waals surface area contributed by atoms with E-state index in [1.54, 1.807) is 30.6 Å². The van der Waals surface area contributed by atoms with Gasteiger partial charge in [-0.15, -0.1) is 23.6 Å². The Labute approximate surface area is 113 Å². The molecule has 0 heterocycles. The molecule has 1 radical (unpaired) electrons. The average Bonchev–Trinajstić information content (AvgIpc) is 2.16. The Kier molecular flexibility index (Phi) is 6.42. The van der Waals surface area contributed by atoms with E-state index in [1.807, 2.05) is 0 Å². The Morgan fingerprint density at radius 3 is 2.50 bits per heavy atom. The van der Waals surface area contributed by atoms with Gasteiger partial charge >= 0.3 is 0 Å². The molecule has 0 bridgehead atoms. The maximum Gasteiger partial charge on any atom is 0.188 e. The zero-order valence-electron chi connectivity index (χ0n) is 7.37. The third-order valence-electron chi connectivity index (χ3n) is 1.72. The summed E-state index contributed by atoms with van der Waals surface area (Å²) in [6.45, 7) is 3.56. The van der Waals surface area contributed by atoms with Crippen molar-refractivity contribution < 1.29 is 42.3 Å². The third kappa shape index (κ3) is 3.27. The van der Waals surface area contributed by atoms with Crippen LogP contribution in [0, 0.1) is 6.92 Å². The van der Waals surface area contributed by atoms with Crippen molar-refractivity contribution in [3.05, 3.63) is 42.3 Å². The molecule has 1 aromatic rings. The minimum Gasteiger partial charge on any atom is -0.376 e. The fourth-order valence-electron chi connectivity index (χ4n) is 1.02. The molecule has 1 aromatic carbocycles. The molecule has 0 saturated heterocycles. The van der Waals surface area contributed by atoms with Gasteiger partial charge in [0.25, 0.3) is 0 Å². The number of carbonyl (C=O) groups is 1. The van der Waals surface area contributed by atoms with Crippen LogP contribution in [0.4, 0.5) is 0 Å². The number of carbonyl (C=O) groups excluding carboxylic acids is 2. The van der Waals surface area contributed by atoms with Gasteiger partial charge < -0.3 is 11.7 Å². The van der Waals surface area contributed by atoms with Crippen molar-refractivity contribution in [1.29, 1.82) is 0 Å². The van der Waals surface area contributed by atoms with Crippen molar-refractivity contribution in [3.8, 4) is 0 Å². The van der Waals surface area contributed by atoms with Gasteiger partial charge in [0.05, 0.1) is 6.29 Å². The summed E-state index contributed by atoms with van der Waals surface area (Å²) in [7, 11) is 0. The molecule has 0 saturated carbocycles. The molecular formula is C10H7ClO2Y-2. The van der Waals surface area contributed by atoms with E-state index in [2.05, 4.69) is 6.92 Å². The summed E-state index contributed by atoms with van der Waals surface area (Å²) in [4.78, 5) is 21.2. The van der Waals surface area contributed by atoms with E-state index in [9.17, 15) is 9.59 Å². The van der Waals surface area contributed by atoms with Crippen LogP contribution in [0.1, 0.15) is 17.0 Å². The quantitative estimate of drug-likeness (QED) is 0.626. The van der Waals surface area contributed by atoms with Gasteiger partial charge in [-0.2, -0.15) is 11.6 Å². The Hall–Kier alpha value is -0.0461. The molecule has 0 aromatic heterocycles. The molecule has 1 atom stereocenters. The Balaban J connectivity index is 0.00000169. The topological polar surface area (TPSA) is 34.1 Å². The maximum absolute atomic E-state index is 10.8. The second-order valence-electron chi connectivity index (χ2n) is 2.55. The van der Waals surface area contributed by atoms with E-state index in [0.29, 0.717) is 11.1 Å². The van der Waals surface area contributed by atoms with E-state index in [1.165, 1.54) is 0 Å². The molecule has 0 N–H and O–H groups in total. The number of rotatable bonds is 3. The average molecular weight is 284 g/mol. The molecule has 0 aliphatic heterocycles. The molecule has 1 unspecified atom stereocenters. The van der Waals surface area contributed by atoms with E-state index >= 15 is 0 Å². The number of halogens is 1. The van der Waals surface area contributed by atoms with Gasteiger partial charge in [-0.05, 0) is 11.6 Å². The fourth-order valence-corrected chi connectivity index (χ4v) is 1.13. The molecule has 4 heteroatoms. The molecule has 0 fully saturated rings. The molecule has 0 amide bonds. The van der Waals surface area contributed by atoms with Crippen LogP contribution in [0.3, 0.4) is 0 Å². The van der Waals surface area contributed by atoms with Gasteiger partial charge in [0.2, 0.25) is 0 Å². The first kappa shape index (κ1) is 14.0. The van der Waals surface area contributed by atoms with Crippen molar-refractivity contribution in [2.45, 2.75) is 5.92 Å². The predicted molar refractivity (Wildman–Crippen MR) is 50.2 cm³/mol. The largest absolute Gasteiger partial charge is 0.376 e. The van der Waals surface area contributed by atoms with Crippen molar-refractivity contribution >= 4 is 23.1 Å². The minimum absolute atomic E-state index is 0. The van der Waals surface area contributed by atoms with Crippen LogP contribution >= 0.6 is 11.6 Å². The first-order valence-electron chi connectivity index (χ1n) is 3.66. The summed E-state index contributed by atoms with van der Waals surface area (Å²) in [6, 6.07) is 6.61. The summed E-state index contributed by atoms with van der Waals surface area (Å²) in [5, 5.41) is -0.581. The van der Waals surface area contributed by atoms with Crippen LogP contribution in [-0.4, -0.2) is 11.5 Å². The first-order chi connectivity index (χ1) is 6.16. The van der Waals surface area contributed by atoms with E-state index in [-0.39, 0.29) is 32.7 Å². The predicted octanol–water partition coefficient (Wildman–Crippen LogP) is 1.82. The first-order valence-corrected chi connectivity index (χ1v) is 4.04. The van der Waals surface area contributed by atoms with Crippen LogP contribution in [0.15, 0.2) is 24.3 Å². The van der Waals surface area contributed by atoms with Gasteiger partial charge in [-0.25, -0.2) is 0 Å². The zero-order valence-corrected chi connectivity index (χ0v) is 11.0. The summed E-state index contributed by atoms with van der Waals surface area (Å²) < 4.78 is 0. The molecule has 2 nitrogen and oxygen atoms in total. The molecule has 71 valence electrons. The van der Waals surface area contributed by atoms with Crippen LogP contribution in [0.5, 0.6) is 0 Å². The van der Waals surface area contributed by atoms with Crippen molar-refractivity contribution in [1.82, 2.24) is 0 Å². The van der Waals surface area contributed by atoms with Gasteiger partial charge in [-0.3, -0.25) is 4.79 Å². The number of benzene rings is 1. The second kappa shape index (κ2) is 6.44. The Morgan fingerprint density at radius 1 is 1.43 bits per heavy atom. The van der Waals surface area contributed by atoms with Crippen molar-refractivity contribution in [3.63, 3.8) is 0 Å². The van der Waals surface area contributed by atoms with E-state index in [0.717, 1.165) is 0 Å². The molecule has 1 rings (SSSR count). The summed E-state index contributed by atoms with van der Waals surface area (Å²) in [5.41, 5.74) is 0.842. The van der Waals surface area contributed by atoms with Crippen LogP contribution in [0.25, 0.3) is 0 Å². The van der Waals surface area contributed by atoms with Gasteiger partial charge in [0.1, 0.15) is 0 Å². The maximum atomic E-state index is 10.8. The summed E-state index contributed by atoms with van der Waals surface area (Å²) >= 11 is 5.26. The minimum atomic E-state index is -0.709. The monoisotopic (exact) mass is 283 g/mol. The molecule has 0 spiro atoms. The van der Waals surface area contributed by atoms with Gasteiger partial charge in [0, 0.05) is 32.7 Å². The van der Waals surface area contributed by atoms with E-state index < -0.39 is 11.2 Å². The van der Waals surface area contributed by atoms with E-state index in [4.69, 9.17) is 11.6 Å². The summed E-state index contributed by atoms with van der Waals surface area (Å²) in [6.07, 6.45) is 1.73. The van der Waals surface area contributed by atoms with Crippen LogP contribution in [0.2, 0.25) is 0 Å². The SMILES string of the molecule is [CH2-]C(C(=O)Cl)c1ccccc1[C-]=O.[Y]. The van der Waals surface area contributed by atoms with Gasteiger partial charge in [-0.1, -0.05) is 6.07 Å². The number of hydrogen-bond acceptors (Lipinski definition) is 2. The molecule has 14 heavy (non-hydrogen) atoms. The van der Waals surface area contributed by atoms with Crippen LogP contribution < -0.4 is 0 Å². The Morgan fingerprint density at radius 2 is 2.00 bits per heavy atom.